The quantitative estimate of drug-likeness (QED) is 0.451. The van der Waals surface area contributed by atoms with Crippen LogP contribution < -0.4 is 11.2 Å². The summed E-state index contributed by atoms with van der Waals surface area (Å²) in [7, 11) is 0. The first-order chi connectivity index (χ1) is 8.88. The van der Waals surface area contributed by atoms with E-state index < -0.39 is 11.7 Å². The van der Waals surface area contributed by atoms with Crippen molar-refractivity contribution >= 4 is 34.4 Å². The Hall–Kier alpha value is -2.09. The second kappa shape index (κ2) is 4.88. The molecule has 2 aromatic rings. The van der Waals surface area contributed by atoms with Gasteiger partial charge in [0.25, 0.3) is 0 Å². The zero-order valence-electron chi connectivity index (χ0n) is 9.45. The third kappa shape index (κ3) is 3.02. The maximum absolute atomic E-state index is 12.5. The molecule has 0 fully saturated rings. The van der Waals surface area contributed by atoms with E-state index in [0.29, 0.717) is 16.5 Å². The molecule has 0 amide bonds. The van der Waals surface area contributed by atoms with Crippen LogP contribution in [0.25, 0.3) is 10.9 Å². The van der Waals surface area contributed by atoms with Crippen LogP contribution in [0, 0.1) is 0 Å². The van der Waals surface area contributed by atoms with Crippen LogP contribution in [-0.2, 0) is 6.18 Å². The predicted octanol–water partition coefficient (Wildman–Crippen LogP) is 2.35. The minimum absolute atomic E-state index is 0.00967. The molecule has 0 aliphatic carbocycles. The van der Waals surface area contributed by atoms with E-state index in [1.165, 1.54) is 12.3 Å². The lowest BCUT2D eigenvalue weighted by Gasteiger charge is -2.05. The van der Waals surface area contributed by atoms with Crippen molar-refractivity contribution in [2.75, 3.05) is 0 Å². The summed E-state index contributed by atoms with van der Waals surface area (Å²) in [5, 5.41) is 4.39. The van der Waals surface area contributed by atoms with Crippen LogP contribution >= 0.6 is 12.2 Å². The smallest absolute Gasteiger partial charge is 0.375 e. The topological polar surface area (TPSA) is 66.2 Å². The molecule has 1 aromatic heterocycles. The van der Waals surface area contributed by atoms with Crippen molar-refractivity contribution in [3.63, 3.8) is 0 Å². The summed E-state index contributed by atoms with van der Waals surface area (Å²) >= 11 is 4.56. The van der Waals surface area contributed by atoms with Gasteiger partial charge in [-0.15, -0.1) is 0 Å². The highest BCUT2D eigenvalue weighted by molar-refractivity contribution is 7.80. The zero-order chi connectivity index (χ0) is 14.0. The van der Waals surface area contributed by atoms with E-state index in [0.717, 1.165) is 12.1 Å². The third-order valence-electron chi connectivity index (χ3n) is 2.42. The van der Waals surface area contributed by atoms with Crippen LogP contribution in [0.2, 0.25) is 0 Å². The number of nitrogens with two attached hydrogens (primary N) is 1. The van der Waals surface area contributed by atoms with Gasteiger partial charge in [-0.2, -0.15) is 18.3 Å². The zero-order valence-corrected chi connectivity index (χ0v) is 10.3. The molecule has 100 valence electrons. The molecule has 0 bridgehead atoms. The van der Waals surface area contributed by atoms with Crippen molar-refractivity contribution in [2.24, 2.45) is 10.8 Å². The summed E-state index contributed by atoms with van der Waals surface area (Å²) in [6.07, 6.45) is -1.39. The van der Waals surface area contributed by atoms with Gasteiger partial charge in [0.05, 0.1) is 11.8 Å². The lowest BCUT2D eigenvalue weighted by atomic mass is 10.1. The Bertz CT molecular complexity index is 645. The van der Waals surface area contributed by atoms with Gasteiger partial charge >= 0.3 is 6.18 Å². The van der Waals surface area contributed by atoms with Gasteiger partial charge in [-0.05, 0) is 24.4 Å². The van der Waals surface area contributed by atoms with Gasteiger partial charge in [-0.1, -0.05) is 6.07 Å². The largest absolute Gasteiger partial charge is 0.416 e. The standard InChI is InChI=1S/C11H9F3N4S/c12-11(13,14)7-1-2-8-6(4-16-9(8)3-7)5-17-18-10(15)19/h1-5,16H,(H3,15,18,19). The molecule has 19 heavy (non-hydrogen) atoms. The third-order valence-corrected chi connectivity index (χ3v) is 2.51. The molecule has 1 heterocycles. The summed E-state index contributed by atoms with van der Waals surface area (Å²) in [5.74, 6) is 0. The van der Waals surface area contributed by atoms with Gasteiger partial charge in [0.2, 0.25) is 0 Å². The SMILES string of the molecule is NC(=S)NN=Cc1c[nH]c2cc(C(F)(F)F)ccc12. The molecule has 1 aromatic carbocycles. The summed E-state index contributed by atoms with van der Waals surface area (Å²) in [5.41, 5.74) is 7.87. The Labute approximate surface area is 111 Å². The number of benzene rings is 1. The number of aromatic nitrogens is 1. The normalized spacial score (nSPS) is 12.2. The number of hydrogen-bond donors (Lipinski definition) is 3. The highest BCUT2D eigenvalue weighted by Crippen LogP contribution is 2.31. The number of hydrazone groups is 1. The van der Waals surface area contributed by atoms with Crippen LogP contribution in [-0.4, -0.2) is 16.3 Å². The molecule has 0 radical (unpaired) electrons. The number of hydrogen-bond acceptors (Lipinski definition) is 2. The average Bonchev–Trinajstić information content (AvgIpc) is 2.70. The number of halogens is 3. The average molecular weight is 286 g/mol. The monoisotopic (exact) mass is 286 g/mol. The number of rotatable bonds is 2. The molecular formula is C11H9F3N4S. The van der Waals surface area contributed by atoms with Crippen molar-refractivity contribution in [3.8, 4) is 0 Å². The van der Waals surface area contributed by atoms with Gasteiger partial charge in [0, 0.05) is 22.7 Å². The van der Waals surface area contributed by atoms with Crippen molar-refractivity contribution in [1.82, 2.24) is 10.4 Å². The number of thiocarbonyl (C=S) groups is 1. The first kappa shape index (κ1) is 13.3. The van der Waals surface area contributed by atoms with Crippen molar-refractivity contribution in [1.29, 1.82) is 0 Å². The van der Waals surface area contributed by atoms with Crippen LogP contribution in [0.1, 0.15) is 11.1 Å². The lowest BCUT2D eigenvalue weighted by Crippen LogP contribution is -2.23. The highest BCUT2D eigenvalue weighted by Gasteiger charge is 2.30. The van der Waals surface area contributed by atoms with E-state index in [-0.39, 0.29) is 5.11 Å². The molecule has 0 atom stereocenters. The Morgan fingerprint density at radius 1 is 1.42 bits per heavy atom. The minimum atomic E-state index is -4.36. The van der Waals surface area contributed by atoms with Crippen LogP contribution in [0.5, 0.6) is 0 Å². The van der Waals surface area contributed by atoms with Crippen molar-refractivity contribution in [3.05, 3.63) is 35.5 Å². The van der Waals surface area contributed by atoms with E-state index in [1.54, 1.807) is 6.20 Å². The summed E-state index contributed by atoms with van der Waals surface area (Å²) in [4.78, 5) is 2.76. The summed E-state index contributed by atoms with van der Waals surface area (Å²) in [6.45, 7) is 0. The van der Waals surface area contributed by atoms with Gasteiger partial charge in [0.1, 0.15) is 0 Å². The molecule has 0 aliphatic rings. The number of nitrogens with one attached hydrogen (secondary N) is 2. The van der Waals surface area contributed by atoms with Crippen molar-refractivity contribution in [2.45, 2.75) is 6.18 Å². The van der Waals surface area contributed by atoms with Crippen LogP contribution in [0.4, 0.5) is 13.2 Å². The minimum Gasteiger partial charge on any atom is -0.375 e. The van der Waals surface area contributed by atoms with Crippen LogP contribution in [0.3, 0.4) is 0 Å². The Morgan fingerprint density at radius 2 is 2.16 bits per heavy atom. The first-order valence-electron chi connectivity index (χ1n) is 5.15. The fourth-order valence-corrected chi connectivity index (χ4v) is 1.65. The molecule has 0 saturated heterocycles. The van der Waals surface area contributed by atoms with Gasteiger partial charge in [0.15, 0.2) is 5.11 Å². The fraction of sp³-hybridized carbons (Fsp3) is 0.0909. The summed E-state index contributed by atoms with van der Waals surface area (Å²) in [6, 6.07) is 3.46. The maximum Gasteiger partial charge on any atom is 0.416 e. The number of fused-ring (bicyclic) bond motifs is 1. The molecule has 4 nitrogen and oxygen atoms in total. The molecule has 0 unspecified atom stereocenters. The molecule has 8 heteroatoms. The molecule has 2 rings (SSSR count). The van der Waals surface area contributed by atoms with Crippen LogP contribution in [0.15, 0.2) is 29.5 Å². The molecule has 4 N–H and O–H groups in total. The number of nitrogens with zero attached hydrogens (tertiary/aromatic N) is 1. The second-order valence-corrected chi connectivity index (χ2v) is 4.18. The Balaban J connectivity index is 2.34. The predicted molar refractivity (Wildman–Crippen MR) is 70.8 cm³/mol. The van der Waals surface area contributed by atoms with E-state index in [4.69, 9.17) is 5.73 Å². The Morgan fingerprint density at radius 3 is 2.79 bits per heavy atom. The molecule has 0 aliphatic heterocycles. The lowest BCUT2D eigenvalue weighted by molar-refractivity contribution is -0.137. The number of H-pyrrole nitrogens is 1. The summed E-state index contributed by atoms with van der Waals surface area (Å²) < 4.78 is 37.6. The van der Waals surface area contributed by atoms with Crippen molar-refractivity contribution < 1.29 is 13.2 Å². The number of alkyl halides is 3. The second-order valence-electron chi connectivity index (χ2n) is 3.74. The molecular weight excluding hydrogens is 277 g/mol. The van der Waals surface area contributed by atoms with E-state index in [2.05, 4.69) is 27.7 Å². The molecule has 0 saturated carbocycles. The number of aromatic amines is 1. The van der Waals surface area contributed by atoms with Gasteiger partial charge < -0.3 is 10.7 Å². The van der Waals surface area contributed by atoms with Gasteiger partial charge in [-0.25, -0.2) is 0 Å². The maximum atomic E-state index is 12.5. The van der Waals surface area contributed by atoms with E-state index >= 15 is 0 Å². The molecule has 0 spiro atoms. The highest BCUT2D eigenvalue weighted by atomic mass is 32.1. The first-order valence-corrected chi connectivity index (χ1v) is 5.55. The van der Waals surface area contributed by atoms with E-state index in [9.17, 15) is 13.2 Å². The Kier molecular flexibility index (Phi) is 3.43. The van der Waals surface area contributed by atoms with E-state index in [1.807, 2.05) is 0 Å². The fourth-order valence-electron chi connectivity index (χ4n) is 1.60. The van der Waals surface area contributed by atoms with Gasteiger partial charge in [-0.3, -0.25) is 5.43 Å².